The number of nitrogens with zero attached hydrogens (tertiary/aromatic N) is 1. The van der Waals surface area contributed by atoms with Crippen molar-refractivity contribution in [3.8, 4) is 0 Å². The number of anilines is 1. The van der Waals surface area contributed by atoms with E-state index in [1.807, 2.05) is 18.2 Å². The zero-order valence-electron chi connectivity index (χ0n) is 13.5. The van der Waals surface area contributed by atoms with Gasteiger partial charge in [0.05, 0.1) is 23.9 Å². The molecule has 24 heavy (non-hydrogen) atoms. The summed E-state index contributed by atoms with van der Waals surface area (Å²) in [6.45, 7) is 2.57. The topological polar surface area (TPSA) is 70.7 Å². The molecule has 2 atom stereocenters. The van der Waals surface area contributed by atoms with E-state index >= 15 is 0 Å². The summed E-state index contributed by atoms with van der Waals surface area (Å²) in [5.41, 5.74) is 0.700. The maximum atomic E-state index is 12.7. The lowest BCUT2D eigenvalue weighted by atomic mass is 10.0. The molecule has 2 heterocycles. The number of nitrogens with one attached hydrogen (secondary N) is 2. The number of hydrogen-bond donors (Lipinski definition) is 2. The summed E-state index contributed by atoms with van der Waals surface area (Å²) in [6.07, 6.45) is 1.79. The number of carbonyl (C=O) groups excluding carboxylic acids is 2. The Morgan fingerprint density at radius 3 is 3.00 bits per heavy atom. The SMILES string of the molecule is O=C(CC1COCCN1)NC1CCCN(c2ccccc2Cl)C1=O. The minimum absolute atomic E-state index is 0.0112. The van der Waals surface area contributed by atoms with Crippen LogP contribution in [0, 0.1) is 0 Å². The predicted molar refractivity (Wildman–Crippen MR) is 92.2 cm³/mol. The summed E-state index contributed by atoms with van der Waals surface area (Å²) in [4.78, 5) is 26.6. The normalized spacial score (nSPS) is 24.7. The second-order valence-electron chi connectivity index (χ2n) is 6.13. The van der Waals surface area contributed by atoms with E-state index in [9.17, 15) is 9.59 Å². The molecular weight excluding hydrogens is 330 g/mol. The quantitative estimate of drug-likeness (QED) is 0.858. The molecule has 6 nitrogen and oxygen atoms in total. The fourth-order valence-electron chi connectivity index (χ4n) is 3.15. The van der Waals surface area contributed by atoms with Gasteiger partial charge in [-0.3, -0.25) is 9.59 Å². The fraction of sp³-hybridized carbons (Fsp3) is 0.529. The van der Waals surface area contributed by atoms with Crippen LogP contribution in [0.1, 0.15) is 19.3 Å². The lowest BCUT2D eigenvalue weighted by molar-refractivity contribution is -0.129. The van der Waals surface area contributed by atoms with Gasteiger partial charge in [0.2, 0.25) is 11.8 Å². The lowest BCUT2D eigenvalue weighted by Gasteiger charge is -2.33. The van der Waals surface area contributed by atoms with Crippen LogP contribution in [0.25, 0.3) is 0 Å². The maximum Gasteiger partial charge on any atom is 0.249 e. The summed E-state index contributed by atoms with van der Waals surface area (Å²) in [6, 6.07) is 6.79. The highest BCUT2D eigenvalue weighted by molar-refractivity contribution is 6.33. The molecule has 130 valence electrons. The summed E-state index contributed by atoms with van der Waals surface area (Å²) < 4.78 is 5.35. The van der Waals surface area contributed by atoms with E-state index in [0.29, 0.717) is 43.3 Å². The van der Waals surface area contributed by atoms with Gasteiger partial charge in [0.1, 0.15) is 6.04 Å². The Morgan fingerprint density at radius 2 is 2.25 bits per heavy atom. The number of halogens is 1. The Labute approximate surface area is 146 Å². The van der Waals surface area contributed by atoms with Crippen LogP contribution in [0.2, 0.25) is 5.02 Å². The van der Waals surface area contributed by atoms with Gasteiger partial charge < -0.3 is 20.3 Å². The Hall–Kier alpha value is -1.63. The molecule has 3 rings (SSSR count). The van der Waals surface area contributed by atoms with Crippen molar-refractivity contribution in [1.29, 1.82) is 0 Å². The first-order valence-electron chi connectivity index (χ1n) is 8.31. The number of carbonyl (C=O) groups is 2. The standard InChI is InChI=1S/C17H22ClN3O3/c18-13-4-1-2-6-15(13)21-8-3-5-14(17(21)23)20-16(22)10-12-11-24-9-7-19-12/h1-2,4,6,12,14,19H,3,5,7-11H2,(H,20,22). The molecule has 2 fully saturated rings. The number of rotatable bonds is 4. The fourth-order valence-corrected chi connectivity index (χ4v) is 3.38. The molecule has 0 radical (unpaired) electrons. The third kappa shape index (κ3) is 4.06. The van der Waals surface area contributed by atoms with Crippen molar-refractivity contribution < 1.29 is 14.3 Å². The van der Waals surface area contributed by atoms with E-state index in [1.54, 1.807) is 11.0 Å². The summed E-state index contributed by atoms with van der Waals surface area (Å²) in [5.74, 6) is -0.229. The van der Waals surface area contributed by atoms with Crippen LogP contribution in [0.5, 0.6) is 0 Å². The minimum Gasteiger partial charge on any atom is -0.378 e. The van der Waals surface area contributed by atoms with Gasteiger partial charge in [0.15, 0.2) is 0 Å². The molecule has 0 bridgehead atoms. The van der Waals surface area contributed by atoms with E-state index < -0.39 is 6.04 Å². The smallest absolute Gasteiger partial charge is 0.249 e. The van der Waals surface area contributed by atoms with E-state index in [-0.39, 0.29) is 17.9 Å². The number of ether oxygens (including phenoxy) is 1. The van der Waals surface area contributed by atoms with Crippen molar-refractivity contribution in [2.24, 2.45) is 0 Å². The Morgan fingerprint density at radius 1 is 1.42 bits per heavy atom. The van der Waals surface area contributed by atoms with Crippen LogP contribution >= 0.6 is 11.6 Å². The molecule has 2 unspecified atom stereocenters. The van der Waals surface area contributed by atoms with Crippen molar-refractivity contribution in [2.75, 3.05) is 31.2 Å². The van der Waals surface area contributed by atoms with E-state index in [4.69, 9.17) is 16.3 Å². The predicted octanol–water partition coefficient (Wildman–Crippen LogP) is 1.33. The van der Waals surface area contributed by atoms with Crippen molar-refractivity contribution in [3.63, 3.8) is 0 Å². The molecule has 2 N–H and O–H groups in total. The molecule has 0 aromatic heterocycles. The van der Waals surface area contributed by atoms with Gasteiger partial charge in [-0.2, -0.15) is 0 Å². The zero-order chi connectivity index (χ0) is 16.9. The minimum atomic E-state index is -0.493. The van der Waals surface area contributed by atoms with Gasteiger partial charge in [-0.1, -0.05) is 23.7 Å². The Bertz CT molecular complexity index is 604. The van der Waals surface area contributed by atoms with Gasteiger partial charge in [0.25, 0.3) is 0 Å². The summed E-state index contributed by atoms with van der Waals surface area (Å²) in [5, 5.41) is 6.65. The first kappa shape index (κ1) is 17.2. The van der Waals surface area contributed by atoms with Crippen molar-refractivity contribution >= 4 is 29.1 Å². The first-order chi connectivity index (χ1) is 11.6. The molecule has 2 aliphatic rings. The van der Waals surface area contributed by atoms with Crippen molar-refractivity contribution in [2.45, 2.75) is 31.3 Å². The van der Waals surface area contributed by atoms with Gasteiger partial charge >= 0.3 is 0 Å². The van der Waals surface area contributed by atoms with E-state index in [1.165, 1.54) is 0 Å². The number of benzene rings is 1. The largest absolute Gasteiger partial charge is 0.378 e. The second-order valence-corrected chi connectivity index (χ2v) is 6.54. The molecule has 0 spiro atoms. The molecule has 7 heteroatoms. The lowest BCUT2D eigenvalue weighted by Crippen LogP contribution is -2.53. The monoisotopic (exact) mass is 351 g/mol. The highest BCUT2D eigenvalue weighted by atomic mass is 35.5. The average molecular weight is 352 g/mol. The van der Waals surface area contributed by atoms with E-state index in [0.717, 1.165) is 13.0 Å². The van der Waals surface area contributed by atoms with E-state index in [2.05, 4.69) is 10.6 Å². The number of morpholine rings is 1. The molecule has 0 saturated carbocycles. The van der Waals surface area contributed by atoms with Gasteiger partial charge in [-0.25, -0.2) is 0 Å². The average Bonchev–Trinajstić information content (AvgIpc) is 2.58. The number of hydrogen-bond acceptors (Lipinski definition) is 4. The van der Waals surface area contributed by atoms with Crippen molar-refractivity contribution in [3.05, 3.63) is 29.3 Å². The zero-order valence-corrected chi connectivity index (χ0v) is 14.2. The molecule has 1 aromatic carbocycles. The number of piperidine rings is 1. The second kappa shape index (κ2) is 7.96. The summed E-state index contributed by atoms with van der Waals surface area (Å²) >= 11 is 6.20. The Balaban J connectivity index is 1.60. The highest BCUT2D eigenvalue weighted by Crippen LogP contribution is 2.28. The van der Waals surface area contributed by atoms with Crippen LogP contribution in [-0.4, -0.2) is 50.2 Å². The third-order valence-corrected chi connectivity index (χ3v) is 4.67. The number of amides is 2. The highest BCUT2D eigenvalue weighted by Gasteiger charge is 2.32. The molecule has 2 aliphatic heterocycles. The summed E-state index contributed by atoms with van der Waals surface area (Å²) in [7, 11) is 0. The van der Waals surface area contributed by atoms with Crippen LogP contribution < -0.4 is 15.5 Å². The van der Waals surface area contributed by atoms with Gasteiger partial charge in [-0.05, 0) is 25.0 Å². The van der Waals surface area contributed by atoms with Gasteiger partial charge in [0, 0.05) is 25.6 Å². The third-order valence-electron chi connectivity index (χ3n) is 4.35. The molecule has 2 saturated heterocycles. The van der Waals surface area contributed by atoms with Crippen LogP contribution in [0.3, 0.4) is 0 Å². The van der Waals surface area contributed by atoms with Crippen LogP contribution in [-0.2, 0) is 14.3 Å². The first-order valence-corrected chi connectivity index (χ1v) is 8.69. The Kier molecular flexibility index (Phi) is 5.71. The van der Waals surface area contributed by atoms with Crippen LogP contribution in [0.15, 0.2) is 24.3 Å². The molecular formula is C17H22ClN3O3. The molecule has 0 aliphatic carbocycles. The van der Waals surface area contributed by atoms with Crippen LogP contribution in [0.4, 0.5) is 5.69 Å². The molecule has 2 amide bonds. The maximum absolute atomic E-state index is 12.7. The van der Waals surface area contributed by atoms with Gasteiger partial charge in [-0.15, -0.1) is 0 Å². The molecule has 1 aromatic rings. The van der Waals surface area contributed by atoms with Crippen molar-refractivity contribution in [1.82, 2.24) is 10.6 Å². The number of para-hydroxylation sites is 1.